The number of amides is 1. The third-order valence-corrected chi connectivity index (χ3v) is 6.92. The monoisotopic (exact) mass is 482 g/mol. The number of hydrogen-bond acceptors (Lipinski definition) is 5. The molecule has 2 aliphatic heterocycles. The van der Waals surface area contributed by atoms with Crippen molar-refractivity contribution in [2.75, 3.05) is 25.5 Å². The largest absolute Gasteiger partial charge is 0.507 e. The van der Waals surface area contributed by atoms with Crippen molar-refractivity contribution in [3.8, 4) is 5.75 Å². The van der Waals surface area contributed by atoms with Crippen molar-refractivity contribution >= 4 is 23.1 Å². The molecule has 6 heteroatoms. The van der Waals surface area contributed by atoms with Crippen LogP contribution in [0.2, 0.25) is 0 Å². The van der Waals surface area contributed by atoms with E-state index in [0.717, 1.165) is 34.5 Å². The van der Waals surface area contributed by atoms with Gasteiger partial charge < -0.3 is 19.6 Å². The third-order valence-electron chi connectivity index (χ3n) is 6.92. The predicted octanol–water partition coefficient (Wildman–Crippen LogP) is 4.74. The van der Waals surface area contributed by atoms with Gasteiger partial charge in [0.25, 0.3) is 11.7 Å². The molecule has 1 amide bonds. The van der Waals surface area contributed by atoms with Gasteiger partial charge >= 0.3 is 0 Å². The molecule has 3 aromatic rings. The number of rotatable bonds is 6. The molecule has 1 saturated heterocycles. The van der Waals surface area contributed by atoms with Crippen LogP contribution in [0.1, 0.15) is 35.2 Å². The molecule has 36 heavy (non-hydrogen) atoms. The lowest BCUT2D eigenvalue weighted by atomic mass is 9.94. The quantitative estimate of drug-likeness (QED) is 0.312. The van der Waals surface area contributed by atoms with Gasteiger partial charge in [-0.15, -0.1) is 0 Å². The molecule has 0 bridgehead atoms. The van der Waals surface area contributed by atoms with Crippen LogP contribution in [0.3, 0.4) is 0 Å². The molecule has 2 atom stereocenters. The topological polar surface area (TPSA) is 70.1 Å². The van der Waals surface area contributed by atoms with E-state index in [2.05, 4.69) is 0 Å². The molecule has 2 unspecified atom stereocenters. The second-order valence-electron chi connectivity index (χ2n) is 9.67. The highest BCUT2D eigenvalue weighted by molar-refractivity contribution is 6.46. The fraction of sp³-hybridized carbons (Fsp3) is 0.267. The van der Waals surface area contributed by atoms with Crippen LogP contribution in [0, 0.1) is 0 Å². The summed E-state index contributed by atoms with van der Waals surface area (Å²) in [6, 6.07) is 22.4. The lowest BCUT2D eigenvalue weighted by Crippen LogP contribution is -2.31. The first kappa shape index (κ1) is 23.7. The zero-order valence-electron chi connectivity index (χ0n) is 20.8. The zero-order valence-corrected chi connectivity index (χ0v) is 20.8. The van der Waals surface area contributed by atoms with Crippen molar-refractivity contribution in [3.63, 3.8) is 0 Å². The summed E-state index contributed by atoms with van der Waals surface area (Å²) < 4.78 is 5.79. The standard InChI is InChI=1S/C30H30N2O4/c1-19-17-23-18-22(11-14-25(23)36-19)28(33)26-27(21-9-12-24(13-10-21)31(2)3)32(30(35)29(26)34)16-15-20-7-5-4-6-8-20/h4-14,18-19,27,33H,15-17H2,1-3H3/b28-26-. The first-order valence-corrected chi connectivity index (χ1v) is 12.2. The van der Waals surface area contributed by atoms with Gasteiger partial charge in [-0.1, -0.05) is 42.5 Å². The fourth-order valence-corrected chi connectivity index (χ4v) is 5.03. The van der Waals surface area contributed by atoms with Gasteiger partial charge in [-0.2, -0.15) is 0 Å². The van der Waals surface area contributed by atoms with Gasteiger partial charge in [0.05, 0.1) is 11.6 Å². The van der Waals surface area contributed by atoms with Gasteiger partial charge in [-0.05, 0) is 60.4 Å². The van der Waals surface area contributed by atoms with Gasteiger partial charge in [0, 0.05) is 38.3 Å². The van der Waals surface area contributed by atoms with Gasteiger partial charge in [-0.25, -0.2) is 0 Å². The Bertz CT molecular complexity index is 1330. The van der Waals surface area contributed by atoms with E-state index in [0.29, 0.717) is 18.5 Å². The number of ether oxygens (including phenoxy) is 1. The Morgan fingerprint density at radius 3 is 2.44 bits per heavy atom. The number of likely N-dealkylation sites (tertiary alicyclic amines) is 1. The van der Waals surface area contributed by atoms with Crippen molar-refractivity contribution in [1.82, 2.24) is 4.90 Å². The Morgan fingerprint density at radius 1 is 1.03 bits per heavy atom. The number of nitrogens with zero attached hydrogens (tertiary/aromatic N) is 2. The molecule has 0 spiro atoms. The molecule has 0 saturated carbocycles. The van der Waals surface area contributed by atoms with Crippen LogP contribution in [0.4, 0.5) is 5.69 Å². The summed E-state index contributed by atoms with van der Waals surface area (Å²) >= 11 is 0. The minimum Gasteiger partial charge on any atom is -0.507 e. The Labute approximate surface area is 211 Å². The van der Waals surface area contributed by atoms with E-state index < -0.39 is 17.7 Å². The lowest BCUT2D eigenvalue weighted by Gasteiger charge is -2.26. The van der Waals surface area contributed by atoms with Crippen molar-refractivity contribution in [1.29, 1.82) is 0 Å². The Balaban J connectivity index is 1.57. The number of hydrogen-bond donors (Lipinski definition) is 1. The van der Waals surface area contributed by atoms with Crippen LogP contribution >= 0.6 is 0 Å². The molecule has 0 aliphatic carbocycles. The van der Waals surface area contributed by atoms with Crippen LogP contribution in [0.15, 0.2) is 78.4 Å². The van der Waals surface area contributed by atoms with Gasteiger partial charge in [0.2, 0.25) is 0 Å². The molecule has 5 rings (SSSR count). The molecular weight excluding hydrogens is 452 g/mol. The first-order chi connectivity index (χ1) is 17.3. The summed E-state index contributed by atoms with van der Waals surface area (Å²) in [5.41, 5.74) is 4.49. The maximum atomic E-state index is 13.3. The Hall–Kier alpha value is -4.06. The molecule has 0 aromatic heterocycles. The second kappa shape index (κ2) is 9.53. The smallest absolute Gasteiger partial charge is 0.295 e. The molecule has 6 nitrogen and oxygen atoms in total. The second-order valence-corrected chi connectivity index (χ2v) is 9.67. The highest BCUT2D eigenvalue weighted by Crippen LogP contribution is 2.41. The first-order valence-electron chi connectivity index (χ1n) is 12.2. The summed E-state index contributed by atoms with van der Waals surface area (Å²) in [6.07, 6.45) is 1.40. The normalized spacial score (nSPS) is 20.4. The van der Waals surface area contributed by atoms with E-state index >= 15 is 0 Å². The zero-order chi connectivity index (χ0) is 25.4. The van der Waals surface area contributed by atoms with Gasteiger partial charge in [-0.3, -0.25) is 9.59 Å². The predicted molar refractivity (Wildman–Crippen MR) is 140 cm³/mol. The molecule has 3 aromatic carbocycles. The van der Waals surface area contributed by atoms with Crippen LogP contribution in [0.25, 0.3) is 5.76 Å². The van der Waals surface area contributed by atoms with Crippen molar-refractivity contribution in [2.45, 2.75) is 31.9 Å². The van der Waals surface area contributed by atoms with Crippen LogP contribution < -0.4 is 9.64 Å². The minimum absolute atomic E-state index is 0.0659. The van der Waals surface area contributed by atoms with Crippen LogP contribution in [-0.2, 0) is 22.4 Å². The van der Waals surface area contributed by atoms with Crippen LogP contribution in [-0.4, -0.2) is 48.4 Å². The highest BCUT2D eigenvalue weighted by atomic mass is 16.5. The maximum Gasteiger partial charge on any atom is 0.295 e. The number of anilines is 1. The van der Waals surface area contributed by atoms with Gasteiger partial charge in [0.1, 0.15) is 17.6 Å². The van der Waals surface area contributed by atoms with E-state index in [1.807, 2.05) is 92.6 Å². The number of aliphatic hydroxyl groups is 1. The summed E-state index contributed by atoms with van der Waals surface area (Å²) in [5, 5.41) is 11.4. The average Bonchev–Trinajstić information content (AvgIpc) is 3.38. The molecular formula is C30H30N2O4. The number of fused-ring (bicyclic) bond motifs is 1. The molecule has 1 N–H and O–H groups in total. The van der Waals surface area contributed by atoms with E-state index in [1.54, 1.807) is 11.0 Å². The summed E-state index contributed by atoms with van der Waals surface area (Å²) in [7, 11) is 3.92. The summed E-state index contributed by atoms with van der Waals surface area (Å²) in [4.78, 5) is 30.2. The molecule has 0 radical (unpaired) electrons. The van der Waals surface area contributed by atoms with E-state index in [1.165, 1.54) is 0 Å². The van der Waals surface area contributed by atoms with Crippen molar-refractivity contribution in [3.05, 3.63) is 101 Å². The van der Waals surface area contributed by atoms with Crippen molar-refractivity contribution < 1.29 is 19.4 Å². The van der Waals surface area contributed by atoms with E-state index in [-0.39, 0.29) is 17.4 Å². The maximum absolute atomic E-state index is 13.3. The number of aliphatic hydroxyl groups excluding tert-OH is 1. The van der Waals surface area contributed by atoms with Crippen molar-refractivity contribution in [2.24, 2.45) is 0 Å². The Kier molecular flexibility index (Phi) is 6.27. The molecule has 1 fully saturated rings. The fourth-order valence-electron chi connectivity index (χ4n) is 5.03. The lowest BCUT2D eigenvalue weighted by molar-refractivity contribution is -0.139. The van der Waals surface area contributed by atoms with E-state index in [4.69, 9.17) is 4.74 Å². The molecule has 2 heterocycles. The average molecular weight is 483 g/mol. The Morgan fingerprint density at radius 2 is 1.75 bits per heavy atom. The molecule has 184 valence electrons. The number of carbonyl (C=O) groups is 2. The number of ketones is 1. The van der Waals surface area contributed by atoms with Crippen LogP contribution in [0.5, 0.6) is 5.75 Å². The summed E-state index contributed by atoms with van der Waals surface area (Å²) in [6.45, 7) is 2.36. The van der Waals surface area contributed by atoms with Gasteiger partial charge in [0.15, 0.2) is 0 Å². The third kappa shape index (κ3) is 4.35. The van der Waals surface area contributed by atoms with E-state index in [9.17, 15) is 14.7 Å². The number of benzene rings is 3. The minimum atomic E-state index is -0.673. The number of Topliss-reactive ketones (excluding diaryl/α,β-unsaturated/α-hetero) is 1. The highest BCUT2D eigenvalue weighted by Gasteiger charge is 2.46. The SMILES string of the molecule is CC1Cc2cc(/C(O)=C3/C(=O)C(=O)N(CCc4ccccc4)C3c3ccc(N(C)C)cc3)ccc2O1. The number of carbonyl (C=O) groups excluding carboxylic acids is 2. The summed E-state index contributed by atoms with van der Waals surface area (Å²) in [5.74, 6) is -0.613. The molecule has 2 aliphatic rings.